The molecule has 3 aromatic carbocycles. The van der Waals surface area contributed by atoms with Crippen molar-refractivity contribution in [2.75, 3.05) is 0 Å². The summed E-state index contributed by atoms with van der Waals surface area (Å²) in [5, 5.41) is 0.851. The Labute approximate surface area is 141 Å². The van der Waals surface area contributed by atoms with Crippen molar-refractivity contribution in [3.63, 3.8) is 0 Å². The molecule has 3 rings (SSSR count). The Morgan fingerprint density at radius 1 is 0.800 bits per heavy atom. The average Bonchev–Trinajstić information content (AvgIpc) is 2.53. The SMILES string of the molecule is CCCc1cc(F)c(-c2ccc3cc(C(F)(F)F)ccc3c2)c(F)c1. The molecule has 0 atom stereocenters. The third-order valence-electron chi connectivity index (χ3n) is 4.10. The van der Waals surface area contributed by atoms with Gasteiger partial charge in [-0.05, 0) is 58.7 Å². The standard InChI is InChI=1S/C20H15F5/c1-2-3-12-8-17(21)19(18(22)9-12)15-5-4-14-11-16(20(23,24)25)7-6-13(14)10-15/h4-11H,2-3H2,1H3. The predicted molar refractivity (Wildman–Crippen MR) is 88.3 cm³/mol. The number of benzene rings is 3. The van der Waals surface area contributed by atoms with E-state index >= 15 is 0 Å². The molecule has 0 aliphatic rings. The zero-order valence-electron chi connectivity index (χ0n) is 13.4. The average molecular weight is 350 g/mol. The van der Waals surface area contributed by atoms with Crippen LogP contribution in [-0.4, -0.2) is 0 Å². The molecule has 0 unspecified atom stereocenters. The van der Waals surface area contributed by atoms with Crippen LogP contribution in [0.15, 0.2) is 48.5 Å². The fraction of sp³-hybridized carbons (Fsp3) is 0.200. The van der Waals surface area contributed by atoms with E-state index in [1.807, 2.05) is 6.92 Å². The van der Waals surface area contributed by atoms with Crippen molar-refractivity contribution in [3.05, 3.63) is 71.3 Å². The highest BCUT2D eigenvalue weighted by Crippen LogP contribution is 2.34. The van der Waals surface area contributed by atoms with Crippen molar-refractivity contribution in [1.29, 1.82) is 0 Å². The van der Waals surface area contributed by atoms with E-state index in [0.29, 0.717) is 28.3 Å². The molecule has 3 aromatic rings. The lowest BCUT2D eigenvalue weighted by atomic mass is 9.97. The molecular formula is C20H15F5. The van der Waals surface area contributed by atoms with Crippen LogP contribution in [0.3, 0.4) is 0 Å². The normalized spacial score (nSPS) is 11.9. The highest BCUT2D eigenvalue weighted by molar-refractivity contribution is 5.88. The molecule has 0 aliphatic heterocycles. The van der Waals surface area contributed by atoms with Gasteiger partial charge in [-0.3, -0.25) is 0 Å². The van der Waals surface area contributed by atoms with Crippen LogP contribution < -0.4 is 0 Å². The molecule has 0 nitrogen and oxygen atoms in total. The van der Waals surface area contributed by atoms with Crippen molar-refractivity contribution in [2.45, 2.75) is 25.9 Å². The summed E-state index contributed by atoms with van der Waals surface area (Å²) in [5.74, 6) is -1.34. The maximum absolute atomic E-state index is 14.4. The van der Waals surface area contributed by atoms with Gasteiger partial charge >= 0.3 is 6.18 Å². The summed E-state index contributed by atoms with van der Waals surface area (Å²) in [6.45, 7) is 1.92. The Morgan fingerprint density at radius 2 is 1.40 bits per heavy atom. The predicted octanol–water partition coefficient (Wildman–Crippen LogP) is 6.76. The largest absolute Gasteiger partial charge is 0.416 e. The second kappa shape index (κ2) is 6.47. The van der Waals surface area contributed by atoms with Crippen molar-refractivity contribution in [2.24, 2.45) is 0 Å². The molecule has 130 valence electrons. The second-order valence-corrected chi connectivity index (χ2v) is 5.96. The minimum atomic E-state index is -4.43. The van der Waals surface area contributed by atoms with Gasteiger partial charge in [0.15, 0.2) is 0 Å². The minimum absolute atomic E-state index is 0.165. The van der Waals surface area contributed by atoms with Crippen LogP contribution in [0, 0.1) is 11.6 Å². The fourth-order valence-corrected chi connectivity index (χ4v) is 2.91. The van der Waals surface area contributed by atoms with Crippen molar-refractivity contribution >= 4 is 10.8 Å². The van der Waals surface area contributed by atoms with Crippen molar-refractivity contribution in [1.82, 2.24) is 0 Å². The monoisotopic (exact) mass is 350 g/mol. The molecule has 0 heterocycles. The third kappa shape index (κ3) is 3.50. The van der Waals surface area contributed by atoms with E-state index < -0.39 is 23.4 Å². The van der Waals surface area contributed by atoms with Crippen LogP contribution in [0.5, 0.6) is 0 Å². The summed E-state index contributed by atoms with van der Waals surface area (Å²) in [4.78, 5) is 0. The van der Waals surface area contributed by atoms with Gasteiger partial charge in [0.2, 0.25) is 0 Å². The van der Waals surface area contributed by atoms with E-state index in [2.05, 4.69) is 0 Å². The van der Waals surface area contributed by atoms with Crippen molar-refractivity contribution in [3.8, 4) is 11.1 Å². The van der Waals surface area contributed by atoms with Gasteiger partial charge in [-0.15, -0.1) is 0 Å². The van der Waals surface area contributed by atoms with Gasteiger partial charge in [-0.25, -0.2) is 8.78 Å². The van der Waals surface area contributed by atoms with E-state index in [0.717, 1.165) is 18.6 Å². The van der Waals surface area contributed by atoms with E-state index in [1.54, 1.807) is 0 Å². The van der Waals surface area contributed by atoms with Gasteiger partial charge < -0.3 is 0 Å². The summed E-state index contributed by atoms with van der Waals surface area (Å²) in [6, 6.07) is 10.3. The Hall–Kier alpha value is -2.43. The van der Waals surface area contributed by atoms with Crippen LogP contribution in [0.25, 0.3) is 21.9 Å². The molecule has 0 N–H and O–H groups in total. The lowest BCUT2D eigenvalue weighted by Gasteiger charge is -2.11. The molecule has 0 amide bonds. The van der Waals surface area contributed by atoms with E-state index in [4.69, 9.17) is 0 Å². The number of aryl methyl sites for hydroxylation is 1. The fourth-order valence-electron chi connectivity index (χ4n) is 2.91. The maximum Gasteiger partial charge on any atom is 0.416 e. The van der Waals surface area contributed by atoms with Crippen LogP contribution in [0.4, 0.5) is 22.0 Å². The lowest BCUT2D eigenvalue weighted by Crippen LogP contribution is -2.04. The molecular weight excluding hydrogens is 335 g/mol. The summed E-state index contributed by atoms with van der Waals surface area (Å²) in [7, 11) is 0. The topological polar surface area (TPSA) is 0 Å². The Bertz CT molecular complexity index is 902. The first-order valence-corrected chi connectivity index (χ1v) is 7.89. The first-order chi connectivity index (χ1) is 11.8. The zero-order valence-corrected chi connectivity index (χ0v) is 13.4. The highest BCUT2D eigenvalue weighted by atomic mass is 19.4. The highest BCUT2D eigenvalue weighted by Gasteiger charge is 2.30. The van der Waals surface area contributed by atoms with Gasteiger partial charge in [0, 0.05) is 0 Å². The van der Waals surface area contributed by atoms with Crippen molar-refractivity contribution < 1.29 is 22.0 Å². The van der Waals surface area contributed by atoms with E-state index in [9.17, 15) is 22.0 Å². The van der Waals surface area contributed by atoms with Crippen LogP contribution >= 0.6 is 0 Å². The quantitative estimate of drug-likeness (QED) is 0.458. The molecule has 0 fully saturated rings. The number of alkyl halides is 3. The molecule has 0 saturated carbocycles. The number of halogens is 5. The van der Waals surface area contributed by atoms with Gasteiger partial charge in [0.25, 0.3) is 0 Å². The Balaban J connectivity index is 2.08. The van der Waals surface area contributed by atoms with Gasteiger partial charge in [-0.2, -0.15) is 13.2 Å². The van der Waals surface area contributed by atoms with Crippen LogP contribution in [0.1, 0.15) is 24.5 Å². The molecule has 0 spiro atoms. The number of hydrogen-bond acceptors (Lipinski definition) is 0. The minimum Gasteiger partial charge on any atom is -0.206 e. The van der Waals surface area contributed by atoms with E-state index in [-0.39, 0.29) is 5.56 Å². The summed E-state index contributed by atoms with van der Waals surface area (Å²) in [6.07, 6.45) is -3.08. The smallest absolute Gasteiger partial charge is 0.206 e. The second-order valence-electron chi connectivity index (χ2n) is 5.96. The number of fused-ring (bicyclic) bond motifs is 1. The zero-order chi connectivity index (χ0) is 18.2. The van der Waals surface area contributed by atoms with Gasteiger partial charge in [-0.1, -0.05) is 31.5 Å². The number of rotatable bonds is 3. The number of hydrogen-bond donors (Lipinski definition) is 0. The summed E-state index contributed by atoms with van der Waals surface area (Å²) in [5.41, 5.74) is -0.0437. The molecule has 0 bridgehead atoms. The van der Waals surface area contributed by atoms with Crippen LogP contribution in [-0.2, 0) is 12.6 Å². The molecule has 25 heavy (non-hydrogen) atoms. The lowest BCUT2D eigenvalue weighted by molar-refractivity contribution is -0.137. The molecule has 0 saturated heterocycles. The summed E-state index contributed by atoms with van der Waals surface area (Å²) >= 11 is 0. The third-order valence-corrected chi connectivity index (χ3v) is 4.10. The van der Waals surface area contributed by atoms with Gasteiger partial charge in [0.1, 0.15) is 11.6 Å². The van der Waals surface area contributed by atoms with E-state index in [1.165, 1.54) is 36.4 Å². The summed E-state index contributed by atoms with van der Waals surface area (Å²) < 4.78 is 67.0. The molecule has 0 aliphatic carbocycles. The Kier molecular flexibility index (Phi) is 4.50. The molecule has 0 aromatic heterocycles. The first kappa shape index (κ1) is 17.4. The van der Waals surface area contributed by atoms with Gasteiger partial charge in [0.05, 0.1) is 11.1 Å². The maximum atomic E-state index is 14.4. The first-order valence-electron chi connectivity index (χ1n) is 7.89. The molecule has 0 radical (unpaired) electrons. The van der Waals surface area contributed by atoms with Crippen LogP contribution in [0.2, 0.25) is 0 Å². The Morgan fingerprint density at radius 3 is 2.00 bits per heavy atom. The molecule has 5 heteroatoms.